The van der Waals surface area contributed by atoms with Crippen LogP contribution in [0.25, 0.3) is 33.1 Å². The largest absolute Gasteiger partial charge is 0.456 e. The first-order valence-corrected chi connectivity index (χ1v) is 28.8. The van der Waals surface area contributed by atoms with Crippen LogP contribution in [0.1, 0.15) is 167 Å². The van der Waals surface area contributed by atoms with Gasteiger partial charge < -0.3 is 14.2 Å². The molecule has 0 radical (unpaired) electrons. The monoisotopic (exact) mass is 1010 g/mol. The molecule has 9 aromatic rings. The smallest absolute Gasteiger partial charge is 0.247 e. The predicted octanol–water partition coefficient (Wildman–Crippen LogP) is 18.5. The lowest BCUT2D eigenvalue weighted by molar-refractivity contribution is 0.0926. The van der Waals surface area contributed by atoms with Crippen molar-refractivity contribution in [1.29, 1.82) is 0 Å². The molecule has 3 heterocycles. The lowest BCUT2D eigenvalue weighted by atomic mass is 9.30. The maximum Gasteiger partial charge on any atom is 0.247 e. The molecule has 1 aromatic heterocycles. The van der Waals surface area contributed by atoms with E-state index >= 15 is 0 Å². The Morgan fingerprint density at radius 1 is 0.494 bits per heavy atom. The second kappa shape index (κ2) is 16.9. The van der Waals surface area contributed by atoms with E-state index in [-0.39, 0.29) is 45.1 Å². The van der Waals surface area contributed by atoms with Crippen LogP contribution >= 0.6 is 0 Å². The van der Waals surface area contributed by atoms with Crippen molar-refractivity contribution in [3.8, 4) is 11.1 Å². The second-order valence-corrected chi connectivity index (χ2v) is 28.2. The molecular formula is C73H77BN2O. The van der Waals surface area contributed by atoms with Gasteiger partial charge in [-0.1, -0.05) is 212 Å². The third-order valence-electron chi connectivity index (χ3n) is 19.3. The van der Waals surface area contributed by atoms with Crippen LogP contribution < -0.4 is 26.2 Å². The molecule has 0 amide bonds. The Bertz CT molecular complexity index is 3780. The minimum Gasteiger partial charge on any atom is -0.456 e. The number of furan rings is 1. The van der Waals surface area contributed by atoms with Gasteiger partial charge in [-0.05, 0) is 155 Å². The Labute approximate surface area is 459 Å². The van der Waals surface area contributed by atoms with Crippen LogP contribution in [0.15, 0.2) is 162 Å². The third kappa shape index (κ3) is 7.57. The maximum atomic E-state index is 6.96. The van der Waals surface area contributed by atoms with Gasteiger partial charge in [0.15, 0.2) is 0 Å². The van der Waals surface area contributed by atoms with Gasteiger partial charge in [-0.25, -0.2) is 0 Å². The number of hydrogen-bond donors (Lipinski definition) is 0. The molecule has 0 saturated heterocycles. The third-order valence-corrected chi connectivity index (χ3v) is 19.3. The van der Waals surface area contributed by atoms with Crippen LogP contribution in [0.5, 0.6) is 0 Å². The number of rotatable bonds is 5. The van der Waals surface area contributed by atoms with E-state index in [1.165, 1.54) is 109 Å². The van der Waals surface area contributed by atoms with E-state index in [4.69, 9.17) is 4.42 Å². The lowest BCUT2D eigenvalue weighted by Gasteiger charge is -2.51. The number of benzene rings is 8. The Morgan fingerprint density at radius 2 is 1.09 bits per heavy atom. The van der Waals surface area contributed by atoms with Gasteiger partial charge in [0.2, 0.25) is 6.71 Å². The van der Waals surface area contributed by atoms with Crippen LogP contribution in [0.4, 0.5) is 34.1 Å². The van der Waals surface area contributed by atoms with Crippen molar-refractivity contribution in [2.75, 3.05) is 9.80 Å². The van der Waals surface area contributed by atoms with Crippen molar-refractivity contribution in [3.05, 3.63) is 197 Å². The van der Waals surface area contributed by atoms with Crippen LogP contribution in [0, 0.1) is 5.41 Å². The molecule has 0 N–H and O–H groups in total. The number of para-hydroxylation sites is 1. The van der Waals surface area contributed by atoms with E-state index in [0.717, 1.165) is 27.9 Å². The van der Waals surface area contributed by atoms with Gasteiger partial charge in [0.1, 0.15) is 11.2 Å². The van der Waals surface area contributed by atoms with Crippen LogP contribution in [0.3, 0.4) is 0 Å². The van der Waals surface area contributed by atoms with Crippen molar-refractivity contribution >= 4 is 79.2 Å². The van der Waals surface area contributed by atoms with Gasteiger partial charge in [-0.15, -0.1) is 0 Å². The predicted molar refractivity (Wildman–Crippen MR) is 330 cm³/mol. The molecule has 3 nitrogen and oxygen atoms in total. The summed E-state index contributed by atoms with van der Waals surface area (Å²) in [7, 11) is 0. The SMILES string of the molecule is CC(C)(C)c1ccc(N(c2ccc(C(C)(C)C)cc2)c2cc3c4c(c2)N(c2ccc(C(C)(C)C)cc2-c2ccccc2)c2cc5oc6ccccc6c5cc2B4c2cc(C(C)(C)C)cc4c2C3C2(C)CCCCC42C)cc1. The molecule has 0 spiro atoms. The van der Waals surface area contributed by atoms with Crippen molar-refractivity contribution in [3.63, 3.8) is 0 Å². The Morgan fingerprint density at radius 3 is 1.73 bits per heavy atom. The van der Waals surface area contributed by atoms with E-state index in [0.29, 0.717) is 0 Å². The van der Waals surface area contributed by atoms with Crippen molar-refractivity contribution in [2.45, 2.75) is 156 Å². The van der Waals surface area contributed by atoms with Gasteiger partial charge in [0.25, 0.3) is 0 Å². The molecule has 388 valence electrons. The summed E-state index contributed by atoms with van der Waals surface area (Å²) in [6, 6.07) is 61.5. The summed E-state index contributed by atoms with van der Waals surface area (Å²) in [4.78, 5) is 5.24. The molecule has 8 aromatic carbocycles. The number of anilines is 6. The summed E-state index contributed by atoms with van der Waals surface area (Å²) in [5.74, 6) is 0.198. The van der Waals surface area contributed by atoms with Gasteiger partial charge >= 0.3 is 0 Å². The fourth-order valence-electron chi connectivity index (χ4n) is 14.7. The summed E-state index contributed by atoms with van der Waals surface area (Å²) in [5.41, 5.74) is 25.6. The van der Waals surface area contributed by atoms with Crippen molar-refractivity contribution in [1.82, 2.24) is 0 Å². The highest BCUT2D eigenvalue weighted by molar-refractivity contribution is 6.99. The average Bonchev–Trinajstić information content (AvgIpc) is 2.77. The van der Waals surface area contributed by atoms with E-state index in [9.17, 15) is 0 Å². The van der Waals surface area contributed by atoms with E-state index in [1.807, 2.05) is 0 Å². The molecule has 2 aliphatic carbocycles. The minimum atomic E-state index is -0.0607. The summed E-state index contributed by atoms with van der Waals surface area (Å²) in [5, 5.41) is 2.34. The fourth-order valence-corrected chi connectivity index (χ4v) is 14.7. The maximum absolute atomic E-state index is 6.96. The first-order valence-electron chi connectivity index (χ1n) is 28.8. The molecule has 1 saturated carbocycles. The Hall–Kier alpha value is -6.78. The highest BCUT2D eigenvalue weighted by Gasteiger charge is 2.62. The molecule has 0 bridgehead atoms. The molecule has 13 rings (SSSR count). The van der Waals surface area contributed by atoms with Gasteiger partial charge in [-0.3, -0.25) is 0 Å². The summed E-state index contributed by atoms with van der Waals surface area (Å²) >= 11 is 0. The van der Waals surface area contributed by atoms with Crippen LogP contribution in [-0.2, 0) is 27.1 Å². The van der Waals surface area contributed by atoms with Crippen LogP contribution in [-0.4, -0.2) is 6.71 Å². The zero-order valence-electron chi connectivity index (χ0n) is 48.3. The normalized spacial score (nSPS) is 19.8. The Balaban J connectivity index is 1.20. The molecule has 4 aliphatic rings. The summed E-state index contributed by atoms with van der Waals surface area (Å²) in [6.07, 6.45) is 4.89. The van der Waals surface area contributed by atoms with Crippen molar-refractivity contribution < 1.29 is 4.42 Å². The molecule has 3 unspecified atom stereocenters. The molecule has 1 fully saturated rings. The molecule has 4 heteroatoms. The highest BCUT2D eigenvalue weighted by Crippen LogP contribution is 2.68. The quantitative estimate of drug-likeness (QED) is 0.160. The number of nitrogens with zero attached hydrogens (tertiary/aromatic N) is 2. The Kier molecular flexibility index (Phi) is 10.9. The number of hydrogen-bond acceptors (Lipinski definition) is 3. The molecule has 2 aliphatic heterocycles. The van der Waals surface area contributed by atoms with E-state index in [2.05, 4.69) is 264 Å². The zero-order chi connectivity index (χ0) is 53.9. The van der Waals surface area contributed by atoms with Crippen molar-refractivity contribution in [2.24, 2.45) is 5.41 Å². The minimum absolute atomic E-state index is 0.000594. The van der Waals surface area contributed by atoms with E-state index in [1.54, 1.807) is 11.1 Å². The highest BCUT2D eigenvalue weighted by atomic mass is 16.3. The topological polar surface area (TPSA) is 19.6 Å². The second-order valence-electron chi connectivity index (χ2n) is 28.2. The van der Waals surface area contributed by atoms with Gasteiger partial charge in [0.05, 0.1) is 5.69 Å². The van der Waals surface area contributed by atoms with Crippen LogP contribution in [0.2, 0.25) is 0 Å². The lowest BCUT2D eigenvalue weighted by Crippen LogP contribution is -2.62. The first-order chi connectivity index (χ1) is 36.4. The standard InChI is InChI=1S/C73H77BN2O/c1-68(2,3)46-26-31-50(32-27-46)75(51-33-28-47(29-34-51)69(4,5)6)52-41-56-66-65-57(72(13)36-20-21-37-73(66,72)14)39-49(71(10,11)12)40-59(65)74-58-43-55-53-24-18-19-25-63(53)77-64(55)44-61(58)76(62(42-52)67(56)74)60-35-30-48(70(7,8)9)38-54(60)45-22-16-15-17-23-45/h15-19,22-35,38-44,66H,20-21,36-37H2,1-14H3. The summed E-state index contributed by atoms with van der Waals surface area (Å²) in [6.45, 7) is 33.5. The molecule has 77 heavy (non-hydrogen) atoms. The fraction of sp³-hybridized carbons (Fsp3) is 0.342. The van der Waals surface area contributed by atoms with Gasteiger partial charge in [-0.2, -0.15) is 0 Å². The first kappa shape index (κ1) is 49.8. The van der Waals surface area contributed by atoms with E-state index < -0.39 is 0 Å². The average molecular weight is 1010 g/mol. The van der Waals surface area contributed by atoms with Gasteiger partial charge in [0, 0.05) is 56.8 Å². The number of fused-ring (bicyclic) bond motifs is 10. The molecule has 3 atom stereocenters. The molecular weight excluding hydrogens is 932 g/mol. The zero-order valence-corrected chi connectivity index (χ0v) is 48.3. The summed E-state index contributed by atoms with van der Waals surface area (Å²) < 4.78 is 6.96.